The number of carbonyl (C=O) groups excluding carboxylic acids is 1. The molecule has 0 saturated heterocycles. The number of amides is 1. The van der Waals surface area contributed by atoms with Gasteiger partial charge in [-0.15, -0.1) is 5.10 Å². The Hall–Kier alpha value is -2.22. The van der Waals surface area contributed by atoms with Crippen LogP contribution in [0.15, 0.2) is 34.9 Å². The van der Waals surface area contributed by atoms with Crippen molar-refractivity contribution in [3.63, 3.8) is 0 Å². The molecule has 1 heterocycles. The highest BCUT2D eigenvalue weighted by atomic mass is 79.9. The van der Waals surface area contributed by atoms with E-state index in [2.05, 4.69) is 31.6 Å². The second-order valence-corrected chi connectivity index (χ2v) is 5.82. The minimum atomic E-state index is -1.17. The second-order valence-electron chi connectivity index (χ2n) is 4.91. The lowest BCUT2D eigenvalue weighted by Crippen LogP contribution is -2.36. The summed E-state index contributed by atoms with van der Waals surface area (Å²) in [4.78, 5) is 22.6. The summed E-state index contributed by atoms with van der Waals surface area (Å²) in [7, 11) is 0. The first-order valence-electron chi connectivity index (χ1n) is 6.61. The van der Waals surface area contributed by atoms with Crippen LogP contribution in [0.5, 0.6) is 0 Å². The zero-order chi connectivity index (χ0) is 16.1. The minimum Gasteiger partial charge on any atom is -0.476 e. The summed E-state index contributed by atoms with van der Waals surface area (Å²) in [6.45, 7) is 1.84. The number of carbonyl (C=O) groups is 2. The highest BCUT2D eigenvalue weighted by molar-refractivity contribution is 9.10. The fourth-order valence-electron chi connectivity index (χ4n) is 2.01. The molecule has 1 atom stereocenters. The van der Waals surface area contributed by atoms with Crippen molar-refractivity contribution in [2.24, 2.45) is 0 Å². The van der Waals surface area contributed by atoms with E-state index in [9.17, 15) is 9.59 Å². The van der Waals surface area contributed by atoms with E-state index in [1.807, 2.05) is 31.2 Å². The van der Waals surface area contributed by atoms with Crippen molar-refractivity contribution in [2.45, 2.75) is 25.9 Å². The lowest BCUT2D eigenvalue weighted by atomic mass is 10.1. The van der Waals surface area contributed by atoms with Gasteiger partial charge >= 0.3 is 5.97 Å². The van der Waals surface area contributed by atoms with Gasteiger partial charge in [-0.25, -0.2) is 9.48 Å². The molecule has 2 rings (SSSR count). The van der Waals surface area contributed by atoms with E-state index in [1.165, 1.54) is 10.9 Å². The third-order valence-corrected chi connectivity index (χ3v) is 3.39. The molecule has 0 radical (unpaired) electrons. The van der Waals surface area contributed by atoms with Crippen molar-refractivity contribution in [3.05, 3.63) is 46.2 Å². The molecule has 2 aromatic rings. The van der Waals surface area contributed by atoms with Crippen LogP contribution in [0.1, 0.15) is 23.0 Å². The number of carboxylic acids is 1. The molecule has 1 aromatic heterocycles. The van der Waals surface area contributed by atoms with E-state index in [0.29, 0.717) is 6.42 Å². The van der Waals surface area contributed by atoms with Gasteiger partial charge < -0.3 is 10.4 Å². The van der Waals surface area contributed by atoms with Crippen LogP contribution in [0.3, 0.4) is 0 Å². The highest BCUT2D eigenvalue weighted by Gasteiger charge is 2.12. The number of aromatic carboxylic acids is 1. The SMILES string of the molecule is CC(Cc1cccc(Br)c1)NC(=O)Cn1cc(C(=O)O)nn1. The smallest absolute Gasteiger partial charge is 0.358 e. The highest BCUT2D eigenvalue weighted by Crippen LogP contribution is 2.13. The van der Waals surface area contributed by atoms with Crippen LogP contribution in [0.25, 0.3) is 0 Å². The van der Waals surface area contributed by atoms with Gasteiger partial charge in [0.05, 0.1) is 6.20 Å². The van der Waals surface area contributed by atoms with Gasteiger partial charge in [-0.1, -0.05) is 33.3 Å². The molecule has 1 unspecified atom stereocenters. The lowest BCUT2D eigenvalue weighted by Gasteiger charge is -2.14. The summed E-state index contributed by atoms with van der Waals surface area (Å²) in [5, 5.41) is 18.6. The monoisotopic (exact) mass is 366 g/mol. The van der Waals surface area contributed by atoms with E-state index in [4.69, 9.17) is 5.11 Å². The number of hydrogen-bond donors (Lipinski definition) is 2. The number of hydrogen-bond acceptors (Lipinski definition) is 4. The summed E-state index contributed by atoms with van der Waals surface area (Å²) in [6.07, 6.45) is 1.92. The van der Waals surface area contributed by atoms with Gasteiger partial charge in [-0.05, 0) is 31.0 Å². The summed E-state index contributed by atoms with van der Waals surface area (Å²) in [5.41, 5.74) is 0.922. The van der Waals surface area contributed by atoms with Gasteiger partial charge in [0, 0.05) is 10.5 Å². The van der Waals surface area contributed by atoms with Crippen LogP contribution < -0.4 is 5.32 Å². The number of benzene rings is 1. The third kappa shape index (κ3) is 4.66. The summed E-state index contributed by atoms with van der Waals surface area (Å²) in [6, 6.07) is 7.82. The standard InChI is InChI=1S/C14H15BrN4O3/c1-9(5-10-3-2-4-11(15)6-10)16-13(20)8-19-7-12(14(21)22)17-18-19/h2-4,6-7,9H,5,8H2,1H3,(H,16,20)(H,21,22). The van der Waals surface area contributed by atoms with Crippen molar-refractivity contribution in [3.8, 4) is 0 Å². The van der Waals surface area contributed by atoms with Gasteiger partial charge in [-0.3, -0.25) is 4.79 Å². The van der Waals surface area contributed by atoms with Crippen LogP contribution in [-0.2, 0) is 17.8 Å². The van der Waals surface area contributed by atoms with Crippen molar-refractivity contribution in [2.75, 3.05) is 0 Å². The lowest BCUT2D eigenvalue weighted by molar-refractivity contribution is -0.122. The van der Waals surface area contributed by atoms with E-state index in [1.54, 1.807) is 0 Å². The molecule has 0 aliphatic heterocycles. The summed E-state index contributed by atoms with van der Waals surface area (Å²) >= 11 is 3.41. The Labute approximate surface area is 135 Å². The van der Waals surface area contributed by atoms with Crippen LogP contribution in [0, 0.1) is 0 Å². The molecular weight excluding hydrogens is 352 g/mol. The molecule has 0 fully saturated rings. The predicted molar refractivity (Wildman–Crippen MR) is 82.4 cm³/mol. The second kappa shape index (κ2) is 7.17. The number of nitrogens with one attached hydrogen (secondary N) is 1. The first-order valence-corrected chi connectivity index (χ1v) is 7.40. The molecule has 22 heavy (non-hydrogen) atoms. The number of aromatic nitrogens is 3. The van der Waals surface area contributed by atoms with Gasteiger partial charge in [0.15, 0.2) is 5.69 Å². The Balaban J connectivity index is 1.86. The largest absolute Gasteiger partial charge is 0.476 e. The molecule has 0 aliphatic rings. The van der Waals surface area contributed by atoms with Crippen LogP contribution >= 0.6 is 15.9 Å². The molecule has 0 spiro atoms. The molecule has 0 saturated carbocycles. The van der Waals surface area contributed by atoms with Gasteiger partial charge in [0.1, 0.15) is 6.54 Å². The molecular formula is C14H15BrN4O3. The van der Waals surface area contributed by atoms with Crippen molar-refractivity contribution >= 4 is 27.8 Å². The maximum absolute atomic E-state index is 11.9. The summed E-state index contributed by atoms with van der Waals surface area (Å²) in [5.74, 6) is -1.42. The predicted octanol–water partition coefficient (Wildman–Crippen LogP) is 1.49. The third-order valence-electron chi connectivity index (χ3n) is 2.90. The van der Waals surface area contributed by atoms with Crippen LogP contribution in [-0.4, -0.2) is 38.0 Å². The topological polar surface area (TPSA) is 97.1 Å². The van der Waals surface area contributed by atoms with E-state index >= 15 is 0 Å². The molecule has 116 valence electrons. The number of rotatable bonds is 6. The zero-order valence-corrected chi connectivity index (χ0v) is 13.4. The number of halogens is 1. The Kier molecular flexibility index (Phi) is 5.26. The van der Waals surface area contributed by atoms with Crippen LogP contribution in [0.4, 0.5) is 0 Å². The van der Waals surface area contributed by atoms with E-state index < -0.39 is 5.97 Å². The van der Waals surface area contributed by atoms with Crippen molar-refractivity contribution in [1.29, 1.82) is 0 Å². The minimum absolute atomic E-state index is 0.0516. The van der Waals surface area contributed by atoms with Crippen molar-refractivity contribution in [1.82, 2.24) is 20.3 Å². The molecule has 8 heteroatoms. The zero-order valence-electron chi connectivity index (χ0n) is 11.9. The first kappa shape index (κ1) is 16.2. The number of nitrogens with zero attached hydrogens (tertiary/aromatic N) is 3. The fraction of sp³-hybridized carbons (Fsp3) is 0.286. The summed E-state index contributed by atoms with van der Waals surface area (Å²) < 4.78 is 2.19. The van der Waals surface area contributed by atoms with Gasteiger partial charge in [0.25, 0.3) is 0 Å². The van der Waals surface area contributed by atoms with Gasteiger partial charge in [0.2, 0.25) is 5.91 Å². The normalized spacial score (nSPS) is 11.9. The van der Waals surface area contributed by atoms with E-state index in [0.717, 1.165) is 10.0 Å². The quantitative estimate of drug-likeness (QED) is 0.806. The average Bonchev–Trinajstić information content (AvgIpc) is 2.86. The average molecular weight is 367 g/mol. The Morgan fingerprint density at radius 3 is 2.86 bits per heavy atom. The van der Waals surface area contributed by atoms with Crippen molar-refractivity contribution < 1.29 is 14.7 Å². The molecule has 1 aromatic carbocycles. The Morgan fingerprint density at radius 2 is 2.23 bits per heavy atom. The molecule has 0 aliphatic carbocycles. The number of carboxylic acid groups (broad SMARTS) is 1. The molecule has 7 nitrogen and oxygen atoms in total. The maximum Gasteiger partial charge on any atom is 0.358 e. The van der Waals surface area contributed by atoms with Gasteiger partial charge in [-0.2, -0.15) is 0 Å². The molecule has 0 bridgehead atoms. The molecule has 1 amide bonds. The van der Waals surface area contributed by atoms with Crippen LogP contribution in [0.2, 0.25) is 0 Å². The first-order chi connectivity index (χ1) is 10.4. The van der Waals surface area contributed by atoms with E-state index in [-0.39, 0.29) is 24.2 Å². The molecule has 2 N–H and O–H groups in total. The maximum atomic E-state index is 11.9. The Morgan fingerprint density at radius 1 is 1.45 bits per heavy atom. The fourth-order valence-corrected chi connectivity index (χ4v) is 2.46. The Bertz CT molecular complexity index is 686.